The van der Waals surface area contributed by atoms with Crippen molar-refractivity contribution in [3.63, 3.8) is 0 Å². The van der Waals surface area contributed by atoms with E-state index in [1.54, 1.807) is 31.5 Å². The van der Waals surface area contributed by atoms with Gasteiger partial charge < -0.3 is 14.8 Å². The van der Waals surface area contributed by atoms with Crippen molar-refractivity contribution in [1.29, 1.82) is 0 Å². The van der Waals surface area contributed by atoms with Crippen molar-refractivity contribution in [3.05, 3.63) is 64.9 Å². The molecule has 0 atom stereocenters. The molecule has 0 aliphatic heterocycles. The number of pyridine rings is 1. The smallest absolute Gasteiger partial charge is 0.269 e. The van der Waals surface area contributed by atoms with Gasteiger partial charge in [-0.3, -0.25) is 9.89 Å². The average molecular weight is 387 g/mol. The van der Waals surface area contributed by atoms with Crippen molar-refractivity contribution in [3.8, 4) is 17.1 Å². The van der Waals surface area contributed by atoms with Crippen LogP contribution in [0.5, 0.6) is 5.88 Å². The number of hydrogen-bond donors (Lipinski definition) is 2. The maximum Gasteiger partial charge on any atom is 0.269 e. The first kappa shape index (κ1) is 18.9. The second-order valence-electron chi connectivity index (χ2n) is 5.64. The zero-order chi connectivity index (χ0) is 19.1. The highest BCUT2D eigenvalue weighted by molar-refractivity contribution is 6.33. The summed E-state index contributed by atoms with van der Waals surface area (Å²) >= 11 is 6.17. The summed E-state index contributed by atoms with van der Waals surface area (Å²) in [5.74, 6) is 0.184. The van der Waals surface area contributed by atoms with E-state index in [2.05, 4.69) is 20.5 Å². The Labute approximate surface area is 161 Å². The lowest BCUT2D eigenvalue weighted by Crippen LogP contribution is -2.23. The Morgan fingerprint density at radius 1 is 1.22 bits per heavy atom. The molecule has 2 heterocycles. The predicted molar refractivity (Wildman–Crippen MR) is 102 cm³/mol. The molecule has 0 spiro atoms. The van der Waals surface area contributed by atoms with Crippen LogP contribution in [0, 0.1) is 0 Å². The molecule has 0 unspecified atom stereocenters. The molecular formula is C19H19ClN4O3. The number of nitrogens with zero attached hydrogens (tertiary/aromatic N) is 2. The van der Waals surface area contributed by atoms with E-state index in [1.807, 2.05) is 24.3 Å². The highest BCUT2D eigenvalue weighted by atomic mass is 35.5. The second-order valence-corrected chi connectivity index (χ2v) is 6.05. The molecule has 0 bridgehead atoms. The van der Waals surface area contributed by atoms with Gasteiger partial charge in [-0.05, 0) is 18.2 Å². The summed E-state index contributed by atoms with van der Waals surface area (Å²) in [6, 6.07) is 12.6. The van der Waals surface area contributed by atoms with Crippen LogP contribution < -0.4 is 10.1 Å². The Hall–Kier alpha value is -2.90. The largest absolute Gasteiger partial charge is 0.475 e. The van der Waals surface area contributed by atoms with Crippen molar-refractivity contribution in [2.24, 2.45) is 0 Å². The molecule has 3 rings (SSSR count). The number of aromatic nitrogens is 3. The number of rotatable bonds is 8. The van der Waals surface area contributed by atoms with Crippen molar-refractivity contribution in [2.45, 2.75) is 6.54 Å². The first-order valence-corrected chi connectivity index (χ1v) is 8.71. The Morgan fingerprint density at radius 2 is 2.07 bits per heavy atom. The third kappa shape index (κ3) is 4.84. The minimum atomic E-state index is -0.285. The summed E-state index contributed by atoms with van der Waals surface area (Å²) < 4.78 is 10.5. The second kappa shape index (κ2) is 9.16. The Balaban J connectivity index is 1.65. The van der Waals surface area contributed by atoms with Crippen LogP contribution in [0.25, 0.3) is 11.3 Å². The van der Waals surface area contributed by atoms with E-state index in [0.29, 0.717) is 35.5 Å². The minimum absolute atomic E-state index is 0.273. The Morgan fingerprint density at radius 3 is 2.89 bits per heavy atom. The van der Waals surface area contributed by atoms with Gasteiger partial charge in [0.25, 0.3) is 5.91 Å². The van der Waals surface area contributed by atoms with Crippen molar-refractivity contribution in [1.82, 2.24) is 20.5 Å². The molecule has 3 aromatic rings. The molecule has 0 saturated carbocycles. The molecule has 0 fully saturated rings. The maximum absolute atomic E-state index is 12.4. The highest BCUT2D eigenvalue weighted by Crippen LogP contribution is 2.26. The average Bonchev–Trinajstić information content (AvgIpc) is 3.17. The van der Waals surface area contributed by atoms with Gasteiger partial charge in [-0.25, -0.2) is 4.98 Å². The zero-order valence-electron chi connectivity index (χ0n) is 14.7. The number of benzene rings is 1. The zero-order valence-corrected chi connectivity index (χ0v) is 15.5. The molecule has 27 heavy (non-hydrogen) atoms. The number of ether oxygens (including phenoxy) is 2. The number of nitrogens with one attached hydrogen (secondary N) is 2. The van der Waals surface area contributed by atoms with E-state index in [-0.39, 0.29) is 12.5 Å². The predicted octanol–water partition coefficient (Wildman–Crippen LogP) is 3.08. The Bertz CT molecular complexity index is 913. The summed E-state index contributed by atoms with van der Waals surface area (Å²) in [4.78, 5) is 16.6. The van der Waals surface area contributed by atoms with Crippen molar-refractivity contribution >= 4 is 17.5 Å². The van der Waals surface area contributed by atoms with Gasteiger partial charge in [-0.15, -0.1) is 0 Å². The SMILES string of the molecule is COCCOc1ncccc1CNC(=O)c1cc(-c2ccccc2Cl)n[nH]1. The van der Waals surface area contributed by atoms with Crippen LogP contribution in [0.15, 0.2) is 48.7 Å². The molecule has 0 aliphatic carbocycles. The number of carbonyl (C=O) groups is 1. The number of H-pyrrole nitrogens is 1. The van der Waals surface area contributed by atoms with Gasteiger partial charge in [-0.1, -0.05) is 35.9 Å². The fourth-order valence-corrected chi connectivity index (χ4v) is 2.66. The quantitative estimate of drug-likeness (QED) is 0.581. The van der Waals surface area contributed by atoms with Gasteiger partial charge in [0.05, 0.1) is 17.3 Å². The van der Waals surface area contributed by atoms with Gasteiger partial charge in [0.15, 0.2) is 0 Å². The van der Waals surface area contributed by atoms with E-state index in [1.165, 1.54) is 0 Å². The monoisotopic (exact) mass is 386 g/mol. The topological polar surface area (TPSA) is 89.1 Å². The minimum Gasteiger partial charge on any atom is -0.475 e. The van der Waals surface area contributed by atoms with E-state index < -0.39 is 0 Å². The summed E-state index contributed by atoms with van der Waals surface area (Å²) in [5, 5.41) is 10.3. The van der Waals surface area contributed by atoms with Crippen LogP contribution in [0.2, 0.25) is 5.02 Å². The fourth-order valence-electron chi connectivity index (χ4n) is 2.43. The van der Waals surface area contributed by atoms with Crippen LogP contribution in [0.3, 0.4) is 0 Å². The maximum atomic E-state index is 12.4. The Kier molecular flexibility index (Phi) is 6.40. The number of hydrogen-bond acceptors (Lipinski definition) is 5. The molecule has 0 radical (unpaired) electrons. The number of methoxy groups -OCH3 is 1. The van der Waals surface area contributed by atoms with Gasteiger partial charge in [0.2, 0.25) is 5.88 Å². The van der Waals surface area contributed by atoms with Crippen LogP contribution in [-0.2, 0) is 11.3 Å². The van der Waals surface area contributed by atoms with Crippen LogP contribution in [0.1, 0.15) is 16.1 Å². The summed E-state index contributed by atoms with van der Waals surface area (Å²) in [5.41, 5.74) is 2.48. The fraction of sp³-hybridized carbons (Fsp3) is 0.211. The van der Waals surface area contributed by atoms with Crippen LogP contribution >= 0.6 is 11.6 Å². The number of amides is 1. The van der Waals surface area contributed by atoms with Gasteiger partial charge in [0, 0.05) is 31.0 Å². The molecule has 1 aromatic carbocycles. The van der Waals surface area contributed by atoms with E-state index in [0.717, 1.165) is 11.1 Å². The normalized spacial score (nSPS) is 10.6. The van der Waals surface area contributed by atoms with Crippen molar-refractivity contribution < 1.29 is 14.3 Å². The highest BCUT2D eigenvalue weighted by Gasteiger charge is 2.13. The lowest BCUT2D eigenvalue weighted by atomic mass is 10.1. The standard InChI is InChI=1S/C19H19ClN4O3/c1-26-9-10-27-19-13(5-4-8-21-19)12-22-18(25)17-11-16(23-24-17)14-6-2-3-7-15(14)20/h2-8,11H,9-10,12H2,1H3,(H,22,25)(H,23,24). The summed E-state index contributed by atoms with van der Waals surface area (Å²) in [7, 11) is 1.60. The van der Waals surface area contributed by atoms with Crippen LogP contribution in [-0.4, -0.2) is 41.4 Å². The first-order valence-electron chi connectivity index (χ1n) is 8.33. The molecule has 140 valence electrons. The molecule has 1 amide bonds. The molecule has 2 aromatic heterocycles. The summed E-state index contributed by atoms with van der Waals surface area (Å²) in [6.45, 7) is 1.12. The number of carbonyl (C=O) groups excluding carboxylic acids is 1. The van der Waals surface area contributed by atoms with Gasteiger partial charge in [0.1, 0.15) is 12.3 Å². The van der Waals surface area contributed by atoms with Gasteiger partial charge in [-0.2, -0.15) is 5.10 Å². The molecule has 8 heteroatoms. The van der Waals surface area contributed by atoms with Crippen molar-refractivity contribution in [2.75, 3.05) is 20.3 Å². The molecule has 0 aliphatic rings. The third-order valence-corrected chi connectivity index (χ3v) is 4.12. The van der Waals surface area contributed by atoms with E-state index in [4.69, 9.17) is 21.1 Å². The molecule has 2 N–H and O–H groups in total. The first-order chi connectivity index (χ1) is 13.2. The van der Waals surface area contributed by atoms with E-state index >= 15 is 0 Å². The van der Waals surface area contributed by atoms with Crippen LogP contribution in [0.4, 0.5) is 0 Å². The molecule has 0 saturated heterocycles. The van der Waals surface area contributed by atoms with E-state index in [9.17, 15) is 4.79 Å². The molecule has 7 nitrogen and oxygen atoms in total. The number of halogens is 1. The summed E-state index contributed by atoms with van der Waals surface area (Å²) in [6.07, 6.45) is 1.64. The number of aromatic amines is 1. The van der Waals surface area contributed by atoms with Gasteiger partial charge >= 0.3 is 0 Å². The molecular weight excluding hydrogens is 368 g/mol. The third-order valence-electron chi connectivity index (χ3n) is 3.79. The lowest BCUT2D eigenvalue weighted by Gasteiger charge is -2.10. The lowest BCUT2D eigenvalue weighted by molar-refractivity contribution is 0.0945.